The average molecular weight is 459 g/mol. The van der Waals surface area contributed by atoms with Crippen molar-refractivity contribution in [2.24, 2.45) is 0 Å². The molecule has 149 valence electrons. The monoisotopic (exact) mass is 459 g/mol. The Morgan fingerprint density at radius 1 is 0.690 bits per heavy atom. The number of nitrogens with zero attached hydrogens (tertiary/aromatic N) is 2. The molecule has 0 spiro atoms. The zero-order chi connectivity index (χ0) is 18.7. The van der Waals surface area contributed by atoms with E-state index in [1.165, 1.54) is 111 Å². The molecule has 0 saturated heterocycles. The van der Waals surface area contributed by atoms with E-state index >= 15 is 0 Å². The molecule has 0 N–H and O–H groups in total. The molecule has 0 unspecified atom stereocenters. The van der Waals surface area contributed by atoms with Crippen molar-refractivity contribution in [2.45, 2.75) is 64.2 Å². The number of aryl methyl sites for hydroxylation is 4. The maximum absolute atomic E-state index is 3.87. The largest absolute Gasteiger partial charge is 0.423 e. The Hall–Kier alpha value is -0.856. The quantitative estimate of drug-likeness (QED) is 0.594. The van der Waals surface area contributed by atoms with E-state index in [1.54, 1.807) is 11.1 Å². The van der Waals surface area contributed by atoms with E-state index in [0.29, 0.717) is 5.92 Å². The number of hydrogen-bond acceptors (Lipinski definition) is 2. The molecule has 2 aromatic rings. The Morgan fingerprint density at radius 2 is 1.10 bits per heavy atom. The van der Waals surface area contributed by atoms with Crippen molar-refractivity contribution in [3.63, 3.8) is 0 Å². The smallest absolute Gasteiger partial charge is 0.00624 e. The van der Waals surface area contributed by atoms with E-state index in [-0.39, 0.29) is 32.7 Å². The van der Waals surface area contributed by atoms with Crippen LogP contribution in [0, 0.1) is 12.1 Å². The van der Waals surface area contributed by atoms with Gasteiger partial charge in [-0.3, -0.25) is 0 Å². The molecule has 4 aliphatic heterocycles. The molecule has 0 amide bonds. The van der Waals surface area contributed by atoms with Gasteiger partial charge >= 0.3 is 0 Å². The second-order valence-corrected chi connectivity index (χ2v) is 9.26. The van der Waals surface area contributed by atoms with Gasteiger partial charge in [-0.15, -0.1) is 22.3 Å². The topological polar surface area (TPSA) is 6.48 Å². The molecule has 0 atom stereocenters. The van der Waals surface area contributed by atoms with Crippen LogP contribution in [0.5, 0.6) is 0 Å². The molecule has 3 heteroatoms. The number of anilines is 2. The van der Waals surface area contributed by atoms with Crippen molar-refractivity contribution in [1.29, 1.82) is 0 Å². The molecule has 0 bridgehead atoms. The maximum atomic E-state index is 3.87. The fourth-order valence-electron chi connectivity index (χ4n) is 6.09. The zero-order valence-corrected chi connectivity index (χ0v) is 20.5. The third-order valence-corrected chi connectivity index (χ3v) is 7.45. The Labute approximate surface area is 200 Å². The first-order valence-electron chi connectivity index (χ1n) is 11.4. The second-order valence-electron chi connectivity index (χ2n) is 9.26. The summed E-state index contributed by atoms with van der Waals surface area (Å²) < 4.78 is 0. The van der Waals surface area contributed by atoms with Gasteiger partial charge in [0.05, 0.1) is 0 Å². The Balaban J connectivity index is 0.00000181. The molecular weight excluding hydrogens is 429 g/mol. The molecule has 6 rings (SSSR count). The molecule has 4 heterocycles. The number of rotatable bonds is 2. The summed E-state index contributed by atoms with van der Waals surface area (Å²) in [6.07, 6.45) is 10.0. The van der Waals surface area contributed by atoms with Crippen LogP contribution in [0.2, 0.25) is 0 Å². The summed E-state index contributed by atoms with van der Waals surface area (Å²) in [5, 5.41) is 0. The summed E-state index contributed by atoms with van der Waals surface area (Å²) in [4.78, 5) is 5.23. The van der Waals surface area contributed by atoms with Crippen molar-refractivity contribution < 1.29 is 32.7 Å². The van der Waals surface area contributed by atoms with Gasteiger partial charge in [-0.1, -0.05) is 18.3 Å². The van der Waals surface area contributed by atoms with Gasteiger partial charge in [0.15, 0.2) is 0 Å². The summed E-state index contributed by atoms with van der Waals surface area (Å²) in [7, 11) is 0. The van der Waals surface area contributed by atoms with Crippen molar-refractivity contribution in [2.75, 3.05) is 36.0 Å². The fourth-order valence-corrected chi connectivity index (χ4v) is 6.09. The van der Waals surface area contributed by atoms with Crippen LogP contribution in [-0.4, -0.2) is 26.2 Å². The minimum atomic E-state index is 0. The predicted octanol–water partition coefficient (Wildman–Crippen LogP) is 4.83. The van der Waals surface area contributed by atoms with Crippen LogP contribution in [0.3, 0.4) is 0 Å². The van der Waals surface area contributed by atoms with Gasteiger partial charge in [0.1, 0.15) is 0 Å². The minimum Gasteiger partial charge on any atom is -0.423 e. The van der Waals surface area contributed by atoms with Crippen molar-refractivity contribution in [3.05, 3.63) is 57.6 Å². The van der Waals surface area contributed by atoms with Gasteiger partial charge in [0.2, 0.25) is 0 Å². The molecular formula is C26H30N2Y-2. The molecule has 0 saturated carbocycles. The van der Waals surface area contributed by atoms with Crippen LogP contribution in [-0.2, 0) is 58.4 Å². The van der Waals surface area contributed by atoms with Crippen LogP contribution in [0.1, 0.15) is 71.9 Å². The molecule has 0 fully saturated rings. The molecule has 0 aromatic heterocycles. The van der Waals surface area contributed by atoms with E-state index in [0.717, 1.165) is 0 Å². The van der Waals surface area contributed by atoms with Gasteiger partial charge in [-0.05, 0) is 57.3 Å². The van der Waals surface area contributed by atoms with Gasteiger partial charge in [-0.2, -0.15) is 35.4 Å². The first-order chi connectivity index (χ1) is 13.8. The van der Waals surface area contributed by atoms with Gasteiger partial charge in [0, 0.05) is 58.9 Å². The maximum Gasteiger partial charge on any atom is 0.00624 e. The molecule has 4 aliphatic rings. The molecule has 2 nitrogen and oxygen atoms in total. The standard InChI is InChI=1S/C26H30N2.Y/c1-18(23-14-19-6-2-10-27-11-3-7-20(15-23)25(19)27)24-16-21-8-4-12-28-13-5-9-22(17-24)26(21)28;/h14,16,18H,2-13H2,1H3;/q-2;. The third kappa shape index (κ3) is 3.39. The second kappa shape index (κ2) is 8.00. The normalized spacial score (nSPS) is 19.5. The molecule has 0 aliphatic carbocycles. The number of hydrogen-bond donors (Lipinski definition) is 0. The minimum absolute atomic E-state index is 0. The van der Waals surface area contributed by atoms with Crippen LogP contribution >= 0.6 is 0 Å². The third-order valence-electron chi connectivity index (χ3n) is 7.45. The summed E-state index contributed by atoms with van der Waals surface area (Å²) in [5.41, 5.74) is 12.0. The van der Waals surface area contributed by atoms with Gasteiger partial charge in [0.25, 0.3) is 0 Å². The van der Waals surface area contributed by atoms with E-state index in [1.807, 2.05) is 0 Å². The first-order valence-corrected chi connectivity index (χ1v) is 11.4. The van der Waals surface area contributed by atoms with Gasteiger partial charge in [-0.25, -0.2) is 0 Å². The van der Waals surface area contributed by atoms with Gasteiger partial charge < -0.3 is 9.80 Å². The fraction of sp³-hybridized carbons (Fsp3) is 0.538. The van der Waals surface area contributed by atoms with E-state index < -0.39 is 0 Å². The van der Waals surface area contributed by atoms with Crippen molar-refractivity contribution >= 4 is 11.4 Å². The molecule has 1 radical (unpaired) electrons. The van der Waals surface area contributed by atoms with Crippen LogP contribution in [0.25, 0.3) is 0 Å². The predicted molar refractivity (Wildman–Crippen MR) is 116 cm³/mol. The molecule has 2 aromatic carbocycles. The van der Waals surface area contributed by atoms with E-state index in [9.17, 15) is 0 Å². The zero-order valence-electron chi connectivity index (χ0n) is 17.7. The average Bonchev–Trinajstić information content (AvgIpc) is 2.74. The summed E-state index contributed by atoms with van der Waals surface area (Å²) in [6.45, 7) is 7.33. The van der Waals surface area contributed by atoms with Crippen LogP contribution < -0.4 is 9.80 Å². The Kier molecular flexibility index (Phi) is 5.54. The van der Waals surface area contributed by atoms with Crippen LogP contribution in [0.4, 0.5) is 11.4 Å². The first kappa shape index (κ1) is 20.1. The van der Waals surface area contributed by atoms with Crippen LogP contribution in [0.15, 0.2) is 12.1 Å². The Bertz CT molecular complexity index is 797. The SMILES string of the molecule is CC(c1[c-]c2c3c(c1)CCCN3CCC2)c1[c-]c2c3c(c1)CCCN3CCC2.[Y]. The summed E-state index contributed by atoms with van der Waals surface area (Å²) in [5.74, 6) is 0.387. The van der Waals surface area contributed by atoms with E-state index in [4.69, 9.17) is 0 Å². The van der Waals surface area contributed by atoms with Crippen molar-refractivity contribution in [3.8, 4) is 0 Å². The number of benzene rings is 2. The van der Waals surface area contributed by atoms with E-state index in [2.05, 4.69) is 41.0 Å². The summed E-state index contributed by atoms with van der Waals surface area (Å²) >= 11 is 0. The summed E-state index contributed by atoms with van der Waals surface area (Å²) in [6, 6.07) is 12.7. The Morgan fingerprint density at radius 3 is 1.55 bits per heavy atom. The molecule has 29 heavy (non-hydrogen) atoms. The van der Waals surface area contributed by atoms with Crippen molar-refractivity contribution in [1.82, 2.24) is 0 Å².